The lowest BCUT2D eigenvalue weighted by Gasteiger charge is -2.17. The highest BCUT2D eigenvalue weighted by molar-refractivity contribution is 7.97. The number of nitrogens with one attached hydrogen (secondary N) is 1. The number of hydrogen-bond donors (Lipinski definition) is 4. The third-order valence-corrected chi connectivity index (χ3v) is 6.20. The Morgan fingerprint density at radius 3 is 2.17 bits per heavy atom. The number of amides is 2. The number of primary amides is 1. The number of aliphatic hydroxyl groups is 1. The quantitative estimate of drug-likeness (QED) is 0.571. The van der Waals surface area contributed by atoms with Crippen LogP contribution < -0.4 is 16.2 Å². The molecule has 0 bridgehead atoms. The molecule has 0 spiro atoms. The summed E-state index contributed by atoms with van der Waals surface area (Å²) in [5.41, 5.74) is 12.4. The van der Waals surface area contributed by atoms with Crippen LogP contribution in [0.25, 0.3) is 0 Å². The molecule has 0 saturated carbocycles. The van der Waals surface area contributed by atoms with Gasteiger partial charge in [-0.1, -0.05) is 6.07 Å². The maximum Gasteiger partial charge on any atom is 0.316 e. The van der Waals surface area contributed by atoms with E-state index in [4.69, 9.17) is 10.9 Å². The van der Waals surface area contributed by atoms with Crippen LogP contribution in [0, 0.1) is 6.92 Å². The van der Waals surface area contributed by atoms with Crippen LogP contribution in [-0.4, -0.2) is 16.1 Å². The maximum absolute atomic E-state index is 11.1. The van der Waals surface area contributed by atoms with E-state index in [9.17, 15) is 9.90 Å². The van der Waals surface area contributed by atoms with Gasteiger partial charge in [-0.15, -0.1) is 0 Å². The molecule has 1 aromatic heterocycles. The first kappa shape index (κ1) is 21.6. The second-order valence-corrected chi connectivity index (χ2v) is 8.86. The molecule has 0 radical (unpaired) electrons. The van der Waals surface area contributed by atoms with Crippen molar-refractivity contribution in [2.24, 2.45) is 10.9 Å². The number of fused-ring (bicyclic) bond motifs is 2. The third kappa shape index (κ3) is 4.91. The lowest BCUT2D eigenvalue weighted by molar-refractivity contribution is 0.0736. The van der Waals surface area contributed by atoms with E-state index in [0.717, 1.165) is 42.0 Å². The molecule has 29 heavy (non-hydrogen) atoms. The third-order valence-electron chi connectivity index (χ3n) is 5.51. The molecule has 4 rings (SSSR count). The summed E-state index contributed by atoms with van der Waals surface area (Å²) in [6.07, 6.45) is 6.86. The van der Waals surface area contributed by atoms with E-state index in [-0.39, 0.29) is 0 Å². The van der Waals surface area contributed by atoms with E-state index in [0.29, 0.717) is 5.69 Å². The van der Waals surface area contributed by atoms with Crippen molar-refractivity contribution in [2.75, 3.05) is 5.32 Å². The van der Waals surface area contributed by atoms with Crippen molar-refractivity contribution < 1.29 is 9.90 Å². The van der Waals surface area contributed by atoms with Gasteiger partial charge in [0.15, 0.2) is 0 Å². The van der Waals surface area contributed by atoms with Crippen molar-refractivity contribution in [3.63, 3.8) is 0 Å². The summed E-state index contributed by atoms with van der Waals surface area (Å²) in [7, 11) is 0. The van der Waals surface area contributed by atoms with E-state index in [1.165, 1.54) is 47.0 Å². The molecule has 7 heteroatoms. The Morgan fingerprint density at radius 1 is 1.14 bits per heavy atom. The molecular weight excluding hydrogens is 384 g/mol. The highest BCUT2D eigenvalue weighted by atomic mass is 32.2. The molecule has 2 amide bonds. The minimum atomic E-state index is -0.886. The molecule has 1 heterocycles. The summed E-state index contributed by atoms with van der Waals surface area (Å²) in [5.74, 6) is 0. The van der Waals surface area contributed by atoms with Crippen LogP contribution in [-0.2, 0) is 31.3 Å². The van der Waals surface area contributed by atoms with E-state index in [1.807, 2.05) is 13.0 Å². The zero-order valence-corrected chi connectivity index (χ0v) is 18.2. The van der Waals surface area contributed by atoms with Gasteiger partial charge in [-0.2, -0.15) is 0 Å². The number of carbonyl (C=O) groups excluding carboxylic acids is 1. The molecule has 2 aliphatic rings. The normalized spacial score (nSPS) is 14.7. The molecule has 6 nitrogen and oxygen atoms in total. The monoisotopic (exact) mass is 414 g/mol. The Hall–Kier alpha value is -2.09. The number of urea groups is 1. The second kappa shape index (κ2) is 8.73. The molecule has 0 saturated heterocycles. The molecule has 6 N–H and O–H groups in total. The SMILES string of the molecule is Cc1nc(C(C)(C)O)ccc1SN.NC(=O)Nc1c2c(cc3c1CCC3)CCC2. The van der Waals surface area contributed by atoms with Crippen LogP contribution in [0.15, 0.2) is 23.1 Å². The van der Waals surface area contributed by atoms with Gasteiger partial charge in [-0.25, -0.2) is 4.79 Å². The summed E-state index contributed by atoms with van der Waals surface area (Å²) in [6, 6.07) is 5.58. The second-order valence-electron chi connectivity index (χ2n) is 8.18. The van der Waals surface area contributed by atoms with E-state index >= 15 is 0 Å². The number of hydrogen-bond acceptors (Lipinski definition) is 5. The zero-order valence-electron chi connectivity index (χ0n) is 17.3. The van der Waals surface area contributed by atoms with Crippen molar-refractivity contribution in [3.8, 4) is 0 Å². The lowest BCUT2D eigenvalue weighted by Crippen LogP contribution is -2.21. The summed E-state index contributed by atoms with van der Waals surface area (Å²) >= 11 is 1.17. The number of anilines is 1. The standard InChI is InChI=1S/C13H16N2O.C9H14N2OS/c14-13(16)15-12-10-5-1-3-8(10)7-9-4-2-6-11(9)12;1-6-7(13-10)4-5-8(11-6)9(2,3)12/h7H,1-6H2,(H3,14,15,16);4-5,12H,10H2,1-3H3. The zero-order chi connectivity index (χ0) is 21.2. The number of benzene rings is 1. The maximum atomic E-state index is 11.1. The van der Waals surface area contributed by atoms with Gasteiger partial charge < -0.3 is 16.2 Å². The lowest BCUT2D eigenvalue weighted by atomic mass is 9.99. The summed E-state index contributed by atoms with van der Waals surface area (Å²) in [6.45, 7) is 5.30. The smallest absolute Gasteiger partial charge is 0.316 e. The number of carbonyl (C=O) groups is 1. The Labute approximate surface area is 176 Å². The Balaban J connectivity index is 0.000000170. The molecular formula is C22H30N4O2S. The van der Waals surface area contributed by atoms with Gasteiger partial charge in [-0.3, -0.25) is 10.1 Å². The van der Waals surface area contributed by atoms with Crippen molar-refractivity contribution in [1.82, 2.24) is 4.98 Å². The fourth-order valence-electron chi connectivity index (χ4n) is 4.10. The van der Waals surface area contributed by atoms with Crippen LogP contribution in [0.3, 0.4) is 0 Å². The molecule has 2 aromatic rings. The fraction of sp³-hybridized carbons (Fsp3) is 0.455. The van der Waals surface area contributed by atoms with Crippen molar-refractivity contribution in [1.29, 1.82) is 0 Å². The largest absolute Gasteiger partial charge is 0.384 e. The molecule has 0 fully saturated rings. The van der Waals surface area contributed by atoms with Crippen LogP contribution >= 0.6 is 11.9 Å². The number of aryl methyl sites for hydroxylation is 3. The van der Waals surface area contributed by atoms with Crippen molar-refractivity contribution in [3.05, 3.63) is 51.8 Å². The highest BCUT2D eigenvalue weighted by Gasteiger charge is 2.24. The molecule has 0 unspecified atom stereocenters. The van der Waals surface area contributed by atoms with E-state index in [1.54, 1.807) is 19.9 Å². The Bertz CT molecular complexity index is 890. The van der Waals surface area contributed by atoms with Gasteiger partial charge in [-0.05, 0) is 106 Å². The molecule has 0 aliphatic heterocycles. The topological polar surface area (TPSA) is 114 Å². The Morgan fingerprint density at radius 2 is 1.72 bits per heavy atom. The number of nitrogens with two attached hydrogens (primary N) is 2. The average molecular weight is 415 g/mol. The molecule has 2 aliphatic carbocycles. The van der Waals surface area contributed by atoms with Gasteiger partial charge in [0.05, 0.1) is 11.4 Å². The minimum Gasteiger partial charge on any atom is -0.384 e. The summed E-state index contributed by atoms with van der Waals surface area (Å²) < 4.78 is 0. The number of pyridine rings is 1. The summed E-state index contributed by atoms with van der Waals surface area (Å²) in [4.78, 5) is 16.3. The van der Waals surface area contributed by atoms with Crippen LogP contribution in [0.5, 0.6) is 0 Å². The number of aromatic nitrogens is 1. The van der Waals surface area contributed by atoms with Gasteiger partial charge in [0, 0.05) is 10.6 Å². The van der Waals surface area contributed by atoms with Crippen LogP contribution in [0.4, 0.5) is 10.5 Å². The first-order valence-electron chi connectivity index (χ1n) is 10.0. The fourth-order valence-corrected chi connectivity index (χ4v) is 4.47. The minimum absolute atomic E-state index is 0.436. The van der Waals surface area contributed by atoms with Gasteiger partial charge >= 0.3 is 6.03 Å². The number of nitrogens with zero attached hydrogens (tertiary/aromatic N) is 1. The molecule has 156 valence electrons. The first-order chi connectivity index (χ1) is 13.7. The first-order valence-corrected chi connectivity index (χ1v) is 10.9. The van der Waals surface area contributed by atoms with Crippen molar-refractivity contribution in [2.45, 2.75) is 69.8 Å². The van der Waals surface area contributed by atoms with Gasteiger partial charge in [0.2, 0.25) is 0 Å². The predicted octanol–water partition coefficient (Wildman–Crippen LogP) is 3.74. The predicted molar refractivity (Wildman–Crippen MR) is 118 cm³/mol. The van der Waals surface area contributed by atoms with Gasteiger partial charge in [0.25, 0.3) is 0 Å². The Kier molecular flexibility index (Phi) is 6.51. The number of rotatable bonds is 3. The highest BCUT2D eigenvalue weighted by Crippen LogP contribution is 2.38. The molecule has 0 atom stereocenters. The average Bonchev–Trinajstić information content (AvgIpc) is 3.30. The van der Waals surface area contributed by atoms with Crippen LogP contribution in [0.2, 0.25) is 0 Å². The van der Waals surface area contributed by atoms with Crippen LogP contribution in [0.1, 0.15) is 60.3 Å². The summed E-state index contributed by atoms with van der Waals surface area (Å²) in [5, 5.41) is 17.9. The molecule has 1 aromatic carbocycles. The van der Waals surface area contributed by atoms with E-state index < -0.39 is 11.6 Å². The van der Waals surface area contributed by atoms with Gasteiger partial charge in [0.1, 0.15) is 5.60 Å². The van der Waals surface area contributed by atoms with E-state index in [2.05, 4.69) is 16.4 Å². The van der Waals surface area contributed by atoms with Crippen molar-refractivity contribution >= 4 is 23.7 Å².